The number of aliphatic hydroxyl groups excluding tert-OH is 1. The van der Waals surface area contributed by atoms with Gasteiger partial charge in [-0.3, -0.25) is 14.5 Å². The third kappa shape index (κ3) is 8.07. The first-order chi connectivity index (χ1) is 21.3. The molecule has 1 saturated carbocycles. The fourth-order valence-corrected chi connectivity index (χ4v) is 6.45. The van der Waals surface area contributed by atoms with E-state index in [1.54, 1.807) is 4.90 Å². The Morgan fingerprint density at radius 3 is 2.43 bits per heavy atom. The Balaban J connectivity index is 1.33. The van der Waals surface area contributed by atoms with Gasteiger partial charge in [-0.25, -0.2) is 0 Å². The minimum absolute atomic E-state index is 0.0208. The molecule has 0 bridgehead atoms. The van der Waals surface area contributed by atoms with Gasteiger partial charge < -0.3 is 20.1 Å². The van der Waals surface area contributed by atoms with Crippen LogP contribution in [0.1, 0.15) is 57.1 Å². The van der Waals surface area contributed by atoms with Crippen LogP contribution in [-0.2, 0) is 22.6 Å². The van der Waals surface area contributed by atoms with Gasteiger partial charge in [0.25, 0.3) is 0 Å². The number of hydrogen-bond acceptors (Lipinski definition) is 5. The van der Waals surface area contributed by atoms with Gasteiger partial charge in [-0.1, -0.05) is 80.8 Å². The van der Waals surface area contributed by atoms with E-state index < -0.39 is 0 Å². The molecule has 2 N–H and O–H groups in total. The first-order valence-corrected chi connectivity index (χ1v) is 16.1. The number of rotatable bonds is 9. The van der Waals surface area contributed by atoms with Crippen LogP contribution < -0.4 is 10.1 Å². The van der Waals surface area contributed by atoms with Crippen molar-refractivity contribution in [3.63, 3.8) is 0 Å². The third-order valence-electron chi connectivity index (χ3n) is 9.17. The number of carbonyl (C=O) groups is 2. The maximum atomic E-state index is 13.6. The van der Waals surface area contributed by atoms with Crippen molar-refractivity contribution in [2.24, 2.45) is 11.8 Å². The fourth-order valence-electron chi connectivity index (χ4n) is 6.45. The van der Waals surface area contributed by atoms with Crippen LogP contribution in [0.25, 0.3) is 11.1 Å². The van der Waals surface area contributed by atoms with Crippen molar-refractivity contribution >= 4 is 17.5 Å². The van der Waals surface area contributed by atoms with Crippen molar-refractivity contribution in [1.82, 2.24) is 9.80 Å². The molecule has 1 fully saturated rings. The summed E-state index contributed by atoms with van der Waals surface area (Å²) < 4.78 is 6.71. The number of nitrogens with zero attached hydrogens (tertiary/aromatic N) is 2. The van der Waals surface area contributed by atoms with Crippen molar-refractivity contribution in [1.29, 1.82) is 0 Å². The number of hydrogen-bond donors (Lipinski definition) is 2. The fraction of sp³-hybridized carbons (Fsp3) is 0.459. The van der Waals surface area contributed by atoms with Gasteiger partial charge in [0, 0.05) is 42.7 Å². The highest BCUT2D eigenvalue weighted by Crippen LogP contribution is 2.31. The number of amides is 2. The average molecular weight is 598 g/mol. The van der Waals surface area contributed by atoms with Crippen LogP contribution in [0.5, 0.6) is 5.75 Å². The van der Waals surface area contributed by atoms with Gasteiger partial charge in [0.2, 0.25) is 11.8 Å². The molecule has 2 amide bonds. The van der Waals surface area contributed by atoms with Gasteiger partial charge in [-0.05, 0) is 61.7 Å². The van der Waals surface area contributed by atoms with Crippen LogP contribution in [0.4, 0.5) is 5.69 Å². The predicted molar refractivity (Wildman–Crippen MR) is 175 cm³/mol. The van der Waals surface area contributed by atoms with Gasteiger partial charge >= 0.3 is 0 Å². The van der Waals surface area contributed by atoms with Gasteiger partial charge in [0.1, 0.15) is 11.9 Å². The van der Waals surface area contributed by atoms with Crippen LogP contribution >= 0.6 is 0 Å². The van der Waals surface area contributed by atoms with E-state index in [-0.39, 0.29) is 48.8 Å². The molecule has 1 aliphatic carbocycles. The monoisotopic (exact) mass is 597 g/mol. The molecule has 2 aliphatic rings. The maximum Gasteiger partial charge on any atom is 0.227 e. The van der Waals surface area contributed by atoms with Crippen LogP contribution in [-0.4, -0.2) is 65.6 Å². The molecule has 0 unspecified atom stereocenters. The summed E-state index contributed by atoms with van der Waals surface area (Å²) in [7, 11) is 2.10. The van der Waals surface area contributed by atoms with Crippen LogP contribution in [0, 0.1) is 11.8 Å². The van der Waals surface area contributed by atoms with Crippen molar-refractivity contribution in [2.45, 2.75) is 71.1 Å². The lowest BCUT2D eigenvalue weighted by atomic mass is 9.88. The van der Waals surface area contributed by atoms with Crippen molar-refractivity contribution in [3.8, 4) is 16.9 Å². The van der Waals surface area contributed by atoms with Crippen molar-refractivity contribution in [3.05, 3.63) is 83.9 Å². The number of anilines is 1. The molecule has 3 aromatic carbocycles. The Hall–Kier alpha value is -3.68. The van der Waals surface area contributed by atoms with E-state index in [1.165, 1.54) is 23.1 Å². The van der Waals surface area contributed by atoms with Crippen LogP contribution in [0.15, 0.2) is 72.8 Å². The highest BCUT2D eigenvalue weighted by molar-refractivity contribution is 5.93. The van der Waals surface area contributed by atoms with E-state index in [9.17, 15) is 14.7 Å². The van der Waals surface area contributed by atoms with E-state index >= 15 is 0 Å². The first-order valence-electron chi connectivity index (χ1n) is 16.1. The molecule has 7 nitrogen and oxygen atoms in total. The minimum Gasteiger partial charge on any atom is -0.488 e. The van der Waals surface area contributed by atoms with Crippen LogP contribution in [0.3, 0.4) is 0 Å². The molecule has 5 rings (SSSR count). The van der Waals surface area contributed by atoms with Crippen LogP contribution in [0.2, 0.25) is 0 Å². The number of likely N-dealkylation sites (N-methyl/N-ethyl adjacent to an activating group) is 1. The molecule has 0 spiro atoms. The number of benzene rings is 3. The SMILES string of the molecule is C[C@H]1CN([C@@H](C)CO)C(=O)Cc2cc(NC(=O)C3CCCCC3)ccc2O[C@H]1CN(C)Cc1ccc(-c2ccccc2)cc1. The minimum atomic E-state index is -0.304. The number of ether oxygens (including phenoxy) is 1. The van der Waals surface area contributed by atoms with E-state index in [1.807, 2.05) is 31.2 Å². The van der Waals surface area contributed by atoms with Gasteiger partial charge in [-0.2, -0.15) is 0 Å². The summed E-state index contributed by atoms with van der Waals surface area (Å²) in [5.41, 5.74) is 5.06. The summed E-state index contributed by atoms with van der Waals surface area (Å²) in [6.07, 6.45) is 5.19. The number of fused-ring (bicyclic) bond motifs is 1. The Kier molecular flexibility index (Phi) is 10.7. The molecule has 1 aliphatic heterocycles. The quantitative estimate of drug-likeness (QED) is 0.309. The second kappa shape index (κ2) is 14.9. The van der Waals surface area contributed by atoms with Gasteiger partial charge in [-0.15, -0.1) is 0 Å². The second-order valence-corrected chi connectivity index (χ2v) is 12.8. The molecular formula is C37H47N3O4. The lowest BCUT2D eigenvalue weighted by molar-refractivity contribution is -0.134. The van der Waals surface area contributed by atoms with E-state index in [4.69, 9.17) is 4.74 Å². The molecule has 0 saturated heterocycles. The number of nitrogens with one attached hydrogen (secondary N) is 1. The standard InChI is InChI=1S/C37H47N3O4/c1-26-22-40(27(2)25-41)36(42)21-32-20-33(38-37(43)31-12-8-5-9-13-31)18-19-34(32)44-35(26)24-39(3)23-28-14-16-30(17-15-28)29-10-6-4-7-11-29/h4,6-7,10-11,14-20,26-27,31,35,41H,5,8-9,12-13,21-25H2,1-3H3,(H,38,43)/t26-,27-,35-/m0/s1. The largest absolute Gasteiger partial charge is 0.488 e. The van der Waals surface area contributed by atoms with E-state index in [2.05, 4.69) is 72.7 Å². The third-order valence-corrected chi connectivity index (χ3v) is 9.17. The first kappa shape index (κ1) is 31.7. The molecule has 0 radical (unpaired) electrons. The topological polar surface area (TPSA) is 82.1 Å². The van der Waals surface area contributed by atoms with Gasteiger partial charge in [0.05, 0.1) is 19.1 Å². The smallest absolute Gasteiger partial charge is 0.227 e. The highest BCUT2D eigenvalue weighted by Gasteiger charge is 2.31. The van der Waals surface area contributed by atoms with E-state index in [0.717, 1.165) is 37.8 Å². The van der Waals surface area contributed by atoms with Crippen molar-refractivity contribution in [2.75, 3.05) is 32.1 Å². The second-order valence-electron chi connectivity index (χ2n) is 12.8. The molecule has 7 heteroatoms. The predicted octanol–water partition coefficient (Wildman–Crippen LogP) is 6.15. The zero-order valence-corrected chi connectivity index (χ0v) is 26.4. The number of aliphatic hydroxyl groups is 1. The summed E-state index contributed by atoms with van der Waals surface area (Å²) in [6.45, 7) is 5.80. The Bertz CT molecular complexity index is 1390. The molecule has 1 heterocycles. The summed E-state index contributed by atoms with van der Waals surface area (Å²) in [4.78, 5) is 30.6. The Labute approximate surface area is 262 Å². The maximum absolute atomic E-state index is 13.6. The zero-order valence-electron chi connectivity index (χ0n) is 26.4. The molecule has 234 valence electrons. The highest BCUT2D eigenvalue weighted by atomic mass is 16.5. The molecule has 44 heavy (non-hydrogen) atoms. The molecule has 0 aromatic heterocycles. The Morgan fingerprint density at radius 2 is 1.73 bits per heavy atom. The molecular weight excluding hydrogens is 550 g/mol. The molecule has 3 aromatic rings. The summed E-state index contributed by atoms with van der Waals surface area (Å²) in [6, 6.07) is 24.4. The lowest BCUT2D eigenvalue weighted by Crippen LogP contribution is -2.47. The molecule has 3 atom stereocenters. The summed E-state index contributed by atoms with van der Waals surface area (Å²) in [5, 5.41) is 13.1. The Morgan fingerprint density at radius 1 is 1.02 bits per heavy atom. The van der Waals surface area contributed by atoms with Gasteiger partial charge in [0.15, 0.2) is 0 Å². The lowest BCUT2D eigenvalue weighted by Gasteiger charge is -2.34. The summed E-state index contributed by atoms with van der Waals surface area (Å²) >= 11 is 0. The van der Waals surface area contributed by atoms with E-state index in [0.29, 0.717) is 24.5 Å². The average Bonchev–Trinajstić information content (AvgIpc) is 3.09. The number of carbonyl (C=O) groups excluding carboxylic acids is 2. The summed E-state index contributed by atoms with van der Waals surface area (Å²) in [5.74, 6) is 0.743. The van der Waals surface area contributed by atoms with Crippen molar-refractivity contribution < 1.29 is 19.4 Å². The normalized spacial score (nSPS) is 20.2. The zero-order chi connectivity index (χ0) is 31.1.